The van der Waals surface area contributed by atoms with Crippen molar-refractivity contribution in [3.05, 3.63) is 81.6 Å². The molecular formula is C21H13BrO6. The fourth-order valence-corrected chi connectivity index (χ4v) is 2.93. The zero-order valence-electron chi connectivity index (χ0n) is 14.4. The summed E-state index contributed by atoms with van der Waals surface area (Å²) in [4.78, 5) is 25.2. The summed E-state index contributed by atoms with van der Waals surface area (Å²) in [6.45, 7) is -0.364. The molecule has 2 aromatic carbocycles. The molecule has 6 nitrogen and oxygen atoms in total. The highest BCUT2D eigenvalue weighted by molar-refractivity contribution is 9.10. The number of carbonyl (C=O) groups excluding carboxylic acids is 1. The van der Waals surface area contributed by atoms with E-state index in [1.54, 1.807) is 60.7 Å². The zero-order chi connectivity index (χ0) is 19.5. The van der Waals surface area contributed by atoms with Gasteiger partial charge in [-0.1, -0.05) is 30.3 Å². The van der Waals surface area contributed by atoms with Gasteiger partial charge in [0, 0.05) is 0 Å². The molecule has 0 N–H and O–H groups in total. The number of fused-ring (bicyclic) bond motifs is 1. The lowest BCUT2D eigenvalue weighted by Crippen LogP contribution is -2.21. The van der Waals surface area contributed by atoms with Crippen molar-refractivity contribution in [2.75, 3.05) is 6.61 Å². The van der Waals surface area contributed by atoms with Crippen molar-refractivity contribution in [1.82, 2.24) is 0 Å². The Balaban J connectivity index is 1.69. The summed E-state index contributed by atoms with van der Waals surface area (Å²) in [5, 5.41) is 0.295. The number of rotatable bonds is 5. The molecule has 0 saturated carbocycles. The number of ether oxygens (including phenoxy) is 2. The van der Waals surface area contributed by atoms with Crippen LogP contribution in [-0.4, -0.2) is 12.6 Å². The zero-order valence-corrected chi connectivity index (χ0v) is 16.0. The van der Waals surface area contributed by atoms with Gasteiger partial charge in [-0.3, -0.25) is 4.79 Å². The second-order valence-electron chi connectivity index (χ2n) is 5.77. The Kier molecular flexibility index (Phi) is 4.99. The summed E-state index contributed by atoms with van der Waals surface area (Å²) in [5.41, 5.74) is -0.118. The molecule has 0 atom stereocenters. The maximum atomic E-state index is 12.9. The van der Waals surface area contributed by atoms with Crippen LogP contribution in [0.1, 0.15) is 0 Å². The molecule has 140 valence electrons. The summed E-state index contributed by atoms with van der Waals surface area (Å²) in [6, 6.07) is 18.8. The number of halogens is 1. The Bertz CT molecular complexity index is 1190. The molecule has 0 unspecified atom stereocenters. The highest BCUT2D eigenvalue weighted by Crippen LogP contribution is 2.33. The first-order chi connectivity index (χ1) is 13.6. The molecule has 2 aromatic heterocycles. The van der Waals surface area contributed by atoms with E-state index < -0.39 is 11.4 Å². The van der Waals surface area contributed by atoms with Crippen LogP contribution in [0, 0.1) is 0 Å². The second-order valence-corrected chi connectivity index (χ2v) is 6.55. The number of hydrogen-bond acceptors (Lipinski definition) is 6. The Morgan fingerprint density at radius 1 is 0.929 bits per heavy atom. The lowest BCUT2D eigenvalue weighted by atomic mass is 10.2. The van der Waals surface area contributed by atoms with Crippen LogP contribution in [0.5, 0.6) is 11.5 Å². The van der Waals surface area contributed by atoms with Crippen LogP contribution in [0.2, 0.25) is 0 Å². The molecule has 0 fully saturated rings. The minimum Gasteiger partial charge on any atom is -0.482 e. The molecule has 4 rings (SSSR count). The van der Waals surface area contributed by atoms with E-state index in [0.717, 1.165) is 0 Å². The minimum absolute atomic E-state index is 0.0301. The molecule has 0 aliphatic rings. The van der Waals surface area contributed by atoms with Gasteiger partial charge in [-0.2, -0.15) is 0 Å². The number of carbonyl (C=O) groups is 1. The fraction of sp³-hybridized carbons (Fsp3) is 0.0476. The second kappa shape index (κ2) is 7.74. The first kappa shape index (κ1) is 18.1. The normalized spacial score (nSPS) is 10.8. The van der Waals surface area contributed by atoms with E-state index in [2.05, 4.69) is 15.9 Å². The van der Waals surface area contributed by atoms with Crippen LogP contribution in [-0.2, 0) is 4.79 Å². The first-order valence-electron chi connectivity index (χ1n) is 8.32. The highest BCUT2D eigenvalue weighted by atomic mass is 79.9. The van der Waals surface area contributed by atoms with Gasteiger partial charge in [-0.15, -0.1) is 0 Å². The quantitative estimate of drug-likeness (QED) is 0.414. The van der Waals surface area contributed by atoms with Gasteiger partial charge in [0.15, 0.2) is 17.0 Å². The molecule has 0 bridgehead atoms. The number of furan rings is 1. The van der Waals surface area contributed by atoms with Crippen LogP contribution in [0.15, 0.2) is 85.0 Å². The lowest BCUT2D eigenvalue weighted by Gasteiger charge is -2.09. The van der Waals surface area contributed by atoms with E-state index in [-0.39, 0.29) is 23.9 Å². The summed E-state index contributed by atoms with van der Waals surface area (Å²) >= 11 is 3.21. The van der Waals surface area contributed by atoms with Crippen LogP contribution >= 0.6 is 15.9 Å². The Labute approximate surface area is 167 Å². The molecule has 7 heteroatoms. The number of esters is 1. The largest absolute Gasteiger partial charge is 0.482 e. The van der Waals surface area contributed by atoms with Gasteiger partial charge in [0.05, 0.1) is 5.39 Å². The van der Waals surface area contributed by atoms with Gasteiger partial charge in [0.2, 0.25) is 16.9 Å². The van der Waals surface area contributed by atoms with Gasteiger partial charge in [0.25, 0.3) is 0 Å². The average Bonchev–Trinajstić information content (AvgIpc) is 3.15. The summed E-state index contributed by atoms with van der Waals surface area (Å²) < 4.78 is 22.4. The van der Waals surface area contributed by atoms with Crippen molar-refractivity contribution >= 4 is 32.9 Å². The third-order valence-corrected chi connectivity index (χ3v) is 4.30. The molecule has 0 amide bonds. The van der Waals surface area contributed by atoms with Gasteiger partial charge in [-0.05, 0) is 52.3 Å². The average molecular weight is 441 g/mol. The molecule has 4 aromatic rings. The first-order valence-corrected chi connectivity index (χ1v) is 9.11. The van der Waals surface area contributed by atoms with Crippen LogP contribution in [0.3, 0.4) is 0 Å². The molecule has 0 spiro atoms. The Morgan fingerprint density at radius 2 is 1.68 bits per heavy atom. The van der Waals surface area contributed by atoms with Crippen molar-refractivity contribution in [2.24, 2.45) is 0 Å². The Morgan fingerprint density at radius 3 is 2.43 bits per heavy atom. The molecule has 2 heterocycles. The minimum atomic E-state index is -0.738. The van der Waals surface area contributed by atoms with Crippen molar-refractivity contribution in [3.8, 4) is 23.0 Å². The molecular weight excluding hydrogens is 428 g/mol. The van der Waals surface area contributed by atoms with E-state index in [0.29, 0.717) is 21.4 Å². The monoisotopic (exact) mass is 440 g/mol. The standard InChI is InChI=1S/C21H13BrO6/c22-17-11-10-16(26-17)20-21(19(24)14-8-4-5-9-15(14)27-20)28-18(23)12-25-13-6-2-1-3-7-13/h1-11H,12H2. The van der Waals surface area contributed by atoms with E-state index in [1.807, 2.05) is 6.07 Å². The third kappa shape index (κ3) is 3.70. The van der Waals surface area contributed by atoms with E-state index >= 15 is 0 Å². The van der Waals surface area contributed by atoms with Gasteiger partial charge in [-0.25, -0.2) is 4.79 Å². The number of para-hydroxylation sites is 2. The predicted molar refractivity (Wildman–Crippen MR) is 105 cm³/mol. The maximum absolute atomic E-state index is 12.9. The van der Waals surface area contributed by atoms with Crippen molar-refractivity contribution < 1.29 is 23.1 Å². The molecule has 28 heavy (non-hydrogen) atoms. The van der Waals surface area contributed by atoms with E-state index in [4.69, 9.17) is 18.3 Å². The van der Waals surface area contributed by atoms with Crippen molar-refractivity contribution in [2.45, 2.75) is 0 Å². The van der Waals surface area contributed by atoms with Crippen molar-refractivity contribution in [3.63, 3.8) is 0 Å². The van der Waals surface area contributed by atoms with Crippen LogP contribution < -0.4 is 14.9 Å². The van der Waals surface area contributed by atoms with Gasteiger partial charge < -0.3 is 18.3 Å². The van der Waals surface area contributed by atoms with Crippen molar-refractivity contribution in [1.29, 1.82) is 0 Å². The van der Waals surface area contributed by atoms with Gasteiger partial charge in [0.1, 0.15) is 11.3 Å². The number of hydrogen-bond donors (Lipinski definition) is 0. The molecule has 0 radical (unpaired) electrons. The van der Waals surface area contributed by atoms with Crippen LogP contribution in [0.25, 0.3) is 22.5 Å². The maximum Gasteiger partial charge on any atom is 0.349 e. The topological polar surface area (TPSA) is 78.9 Å². The molecule has 0 saturated heterocycles. The molecule has 0 aliphatic carbocycles. The predicted octanol–water partition coefficient (Wildman–Crippen LogP) is 4.80. The molecule has 0 aliphatic heterocycles. The summed E-state index contributed by atoms with van der Waals surface area (Å²) in [6.07, 6.45) is 0. The smallest absolute Gasteiger partial charge is 0.349 e. The highest BCUT2D eigenvalue weighted by Gasteiger charge is 2.22. The lowest BCUT2D eigenvalue weighted by molar-refractivity contribution is -0.136. The van der Waals surface area contributed by atoms with E-state index in [9.17, 15) is 9.59 Å². The van der Waals surface area contributed by atoms with E-state index in [1.165, 1.54) is 0 Å². The third-order valence-electron chi connectivity index (χ3n) is 3.87. The van der Waals surface area contributed by atoms with Crippen LogP contribution in [0.4, 0.5) is 0 Å². The fourth-order valence-electron chi connectivity index (χ4n) is 2.62. The Hall–Kier alpha value is -3.32. The summed E-state index contributed by atoms with van der Waals surface area (Å²) in [7, 11) is 0. The number of benzene rings is 2. The van der Waals surface area contributed by atoms with Gasteiger partial charge >= 0.3 is 5.97 Å². The summed E-state index contributed by atoms with van der Waals surface area (Å²) in [5.74, 6) is -0.190. The SMILES string of the molecule is O=C(COc1ccccc1)Oc1c(-c2ccc(Br)o2)oc2ccccc2c1=O.